The molecule has 37 heavy (non-hydrogen) atoms. The van der Waals surface area contributed by atoms with Gasteiger partial charge >= 0.3 is 0 Å². The van der Waals surface area contributed by atoms with E-state index in [9.17, 15) is 9.90 Å². The quantitative estimate of drug-likeness (QED) is 0.516. The molecule has 1 atom stereocenters. The second kappa shape index (κ2) is 11.3. The van der Waals surface area contributed by atoms with Crippen molar-refractivity contribution in [3.63, 3.8) is 0 Å². The summed E-state index contributed by atoms with van der Waals surface area (Å²) < 4.78 is 0. The highest BCUT2D eigenvalue weighted by molar-refractivity contribution is 5.97. The van der Waals surface area contributed by atoms with Crippen LogP contribution in [-0.2, 0) is 0 Å². The van der Waals surface area contributed by atoms with Crippen molar-refractivity contribution in [2.75, 3.05) is 54.4 Å². The maximum absolute atomic E-state index is 13.7. The summed E-state index contributed by atoms with van der Waals surface area (Å²) in [6.07, 6.45) is 2.12. The Bertz CT molecular complexity index is 1190. The maximum atomic E-state index is 13.7. The molecule has 0 bridgehead atoms. The van der Waals surface area contributed by atoms with Crippen LogP contribution in [0, 0.1) is 13.8 Å². The fraction of sp³-hybridized carbons (Fsp3) is 0.387. The first-order valence-electron chi connectivity index (χ1n) is 13.4. The first-order valence-corrected chi connectivity index (χ1v) is 13.4. The predicted octanol–water partition coefficient (Wildman–Crippen LogP) is 4.71. The summed E-state index contributed by atoms with van der Waals surface area (Å²) in [4.78, 5) is 20.2. The van der Waals surface area contributed by atoms with E-state index in [2.05, 4.69) is 70.6 Å². The van der Waals surface area contributed by atoms with Gasteiger partial charge in [0.05, 0.1) is 12.6 Å². The third-order valence-electron chi connectivity index (χ3n) is 7.85. The first-order chi connectivity index (χ1) is 18.0. The fourth-order valence-corrected chi connectivity index (χ4v) is 5.70. The Labute approximate surface area is 220 Å². The molecule has 0 radical (unpaired) electrons. The topological polar surface area (TPSA) is 59.1 Å². The van der Waals surface area contributed by atoms with Gasteiger partial charge in [-0.2, -0.15) is 0 Å². The summed E-state index contributed by atoms with van der Waals surface area (Å²) in [5.74, 6) is 0.0469. The third-order valence-corrected chi connectivity index (χ3v) is 7.85. The Kier molecular flexibility index (Phi) is 7.65. The molecule has 3 aromatic carbocycles. The first kappa shape index (κ1) is 25.2. The summed E-state index contributed by atoms with van der Waals surface area (Å²) >= 11 is 0. The van der Waals surface area contributed by atoms with Gasteiger partial charge in [-0.05, 0) is 68.1 Å². The molecule has 6 nitrogen and oxygen atoms in total. The van der Waals surface area contributed by atoms with E-state index in [4.69, 9.17) is 0 Å². The summed E-state index contributed by atoms with van der Waals surface area (Å²) in [7, 11) is 0. The number of anilines is 3. The number of aryl methyl sites for hydroxylation is 2. The molecule has 3 aromatic rings. The van der Waals surface area contributed by atoms with Crippen LogP contribution in [0.2, 0.25) is 0 Å². The smallest absolute Gasteiger partial charge is 0.254 e. The summed E-state index contributed by atoms with van der Waals surface area (Å²) in [5, 5.41) is 13.9. The molecule has 2 saturated heterocycles. The number of hydrogen-bond acceptors (Lipinski definition) is 5. The lowest BCUT2D eigenvalue weighted by atomic mass is 9.99. The molecule has 2 aliphatic heterocycles. The number of para-hydroxylation sites is 2. The van der Waals surface area contributed by atoms with Crippen molar-refractivity contribution in [1.82, 2.24) is 4.90 Å². The average Bonchev–Trinajstić information content (AvgIpc) is 2.95. The number of amides is 1. The normalized spacial score (nSPS) is 18.7. The standard InChI is InChI=1S/C31H38N4O2/c1-23-19-24(2)30(32-25-13-15-33(16-14-25)26-9-5-3-6-10-26)20-29(23)31(37)34-17-18-35(28(21-34)22-36)27-11-7-4-8-12-27/h3-12,19-20,25,28,32,36H,13-18,21-22H2,1-2H3/t28-/m1/s1. The number of benzene rings is 3. The van der Waals surface area contributed by atoms with Crippen LogP contribution in [0.25, 0.3) is 0 Å². The van der Waals surface area contributed by atoms with Crippen molar-refractivity contribution in [2.45, 2.75) is 38.8 Å². The summed E-state index contributed by atoms with van der Waals surface area (Å²) in [5.41, 5.74) is 6.34. The van der Waals surface area contributed by atoms with E-state index in [0.29, 0.717) is 25.7 Å². The van der Waals surface area contributed by atoms with E-state index < -0.39 is 0 Å². The van der Waals surface area contributed by atoms with Gasteiger partial charge in [0.15, 0.2) is 0 Å². The molecule has 0 unspecified atom stereocenters. The van der Waals surface area contributed by atoms with Crippen LogP contribution in [0.4, 0.5) is 17.1 Å². The fourth-order valence-electron chi connectivity index (χ4n) is 5.70. The zero-order chi connectivity index (χ0) is 25.8. The van der Waals surface area contributed by atoms with Gasteiger partial charge in [0.25, 0.3) is 5.91 Å². The zero-order valence-electron chi connectivity index (χ0n) is 21.9. The number of nitrogens with zero attached hydrogens (tertiary/aromatic N) is 3. The molecule has 0 saturated carbocycles. The van der Waals surface area contributed by atoms with E-state index in [1.54, 1.807) is 0 Å². The highest BCUT2D eigenvalue weighted by atomic mass is 16.3. The summed E-state index contributed by atoms with van der Waals surface area (Å²) in [6.45, 7) is 8.04. The second-order valence-electron chi connectivity index (χ2n) is 10.3. The average molecular weight is 499 g/mol. The molecule has 0 aliphatic carbocycles. The van der Waals surface area contributed by atoms with E-state index in [-0.39, 0.29) is 18.6 Å². The number of piperazine rings is 1. The largest absolute Gasteiger partial charge is 0.394 e. The molecule has 6 heteroatoms. The van der Waals surface area contributed by atoms with Gasteiger partial charge in [-0.1, -0.05) is 42.5 Å². The van der Waals surface area contributed by atoms with Crippen LogP contribution in [0.5, 0.6) is 0 Å². The number of aliphatic hydroxyl groups excluding tert-OH is 1. The Morgan fingerprint density at radius 3 is 2.16 bits per heavy atom. The lowest BCUT2D eigenvalue weighted by molar-refractivity contribution is 0.0698. The van der Waals surface area contributed by atoms with Gasteiger partial charge in [-0.3, -0.25) is 4.79 Å². The van der Waals surface area contributed by atoms with Crippen molar-refractivity contribution in [3.05, 3.63) is 89.5 Å². The predicted molar refractivity (Wildman–Crippen MR) is 152 cm³/mol. The number of aliphatic hydroxyl groups is 1. The van der Waals surface area contributed by atoms with Gasteiger partial charge in [0.1, 0.15) is 0 Å². The van der Waals surface area contributed by atoms with Gasteiger partial charge in [-0.15, -0.1) is 0 Å². The minimum Gasteiger partial charge on any atom is -0.394 e. The van der Waals surface area contributed by atoms with Gasteiger partial charge in [0.2, 0.25) is 0 Å². The van der Waals surface area contributed by atoms with Crippen molar-refractivity contribution in [2.24, 2.45) is 0 Å². The maximum Gasteiger partial charge on any atom is 0.254 e. The van der Waals surface area contributed by atoms with E-state index in [1.165, 1.54) is 11.3 Å². The van der Waals surface area contributed by atoms with E-state index in [1.807, 2.05) is 36.1 Å². The number of carbonyl (C=O) groups excluding carboxylic acids is 1. The Balaban J connectivity index is 1.25. The minimum atomic E-state index is -0.113. The Hall–Kier alpha value is -3.51. The molecule has 2 N–H and O–H groups in total. The third kappa shape index (κ3) is 5.59. The van der Waals surface area contributed by atoms with E-state index >= 15 is 0 Å². The van der Waals surface area contributed by atoms with Crippen molar-refractivity contribution in [3.8, 4) is 0 Å². The lowest BCUT2D eigenvalue weighted by Gasteiger charge is -2.42. The Morgan fingerprint density at radius 2 is 1.51 bits per heavy atom. The van der Waals surface area contributed by atoms with Crippen LogP contribution >= 0.6 is 0 Å². The second-order valence-corrected chi connectivity index (χ2v) is 10.3. The van der Waals surface area contributed by atoms with Crippen LogP contribution in [-0.4, -0.2) is 67.3 Å². The van der Waals surface area contributed by atoms with Gasteiger partial charge in [-0.25, -0.2) is 0 Å². The molecule has 0 aromatic heterocycles. The SMILES string of the molecule is Cc1cc(C)c(C(=O)N2CCN(c3ccccc3)[C@@H](CO)C2)cc1NC1CCN(c2ccccc2)CC1. The van der Waals surface area contributed by atoms with Crippen LogP contribution in [0.3, 0.4) is 0 Å². The molecule has 2 aliphatic rings. The number of piperidine rings is 1. The molecule has 5 rings (SSSR count). The van der Waals surface area contributed by atoms with Crippen LogP contribution in [0.15, 0.2) is 72.8 Å². The molecule has 194 valence electrons. The van der Waals surface area contributed by atoms with Gasteiger partial charge < -0.3 is 25.1 Å². The highest BCUT2D eigenvalue weighted by Gasteiger charge is 2.31. The lowest BCUT2D eigenvalue weighted by Crippen LogP contribution is -2.56. The molecule has 2 fully saturated rings. The molecule has 2 heterocycles. The molecular formula is C31H38N4O2. The number of carbonyl (C=O) groups is 1. The molecule has 0 spiro atoms. The number of rotatable bonds is 6. The highest BCUT2D eigenvalue weighted by Crippen LogP contribution is 2.28. The Morgan fingerprint density at radius 1 is 0.865 bits per heavy atom. The van der Waals surface area contributed by atoms with Gasteiger partial charge in [0, 0.05) is 61.4 Å². The van der Waals surface area contributed by atoms with Crippen molar-refractivity contribution in [1.29, 1.82) is 0 Å². The number of nitrogens with one attached hydrogen (secondary N) is 1. The monoisotopic (exact) mass is 498 g/mol. The van der Waals surface area contributed by atoms with Crippen LogP contribution < -0.4 is 15.1 Å². The van der Waals surface area contributed by atoms with Crippen molar-refractivity contribution >= 4 is 23.0 Å². The molecular weight excluding hydrogens is 460 g/mol. The molecule has 1 amide bonds. The summed E-state index contributed by atoms with van der Waals surface area (Å²) in [6, 6.07) is 25.2. The number of hydrogen-bond donors (Lipinski definition) is 2. The zero-order valence-corrected chi connectivity index (χ0v) is 21.9. The van der Waals surface area contributed by atoms with Crippen molar-refractivity contribution < 1.29 is 9.90 Å². The van der Waals surface area contributed by atoms with E-state index in [0.717, 1.165) is 48.4 Å². The minimum absolute atomic E-state index is 0.0139. The van der Waals surface area contributed by atoms with Crippen LogP contribution in [0.1, 0.15) is 34.3 Å².